The summed E-state index contributed by atoms with van der Waals surface area (Å²) in [5.41, 5.74) is 7.92. The van der Waals surface area contributed by atoms with Crippen LogP contribution in [0.15, 0.2) is 30.3 Å². The quantitative estimate of drug-likeness (QED) is 0.841. The third-order valence-electron chi connectivity index (χ3n) is 3.74. The summed E-state index contributed by atoms with van der Waals surface area (Å²) in [7, 11) is 2.18. The number of hydrogen-bond donors (Lipinski definition) is 1. The molecule has 0 aromatic heterocycles. The van der Waals surface area contributed by atoms with Gasteiger partial charge in [-0.05, 0) is 51.4 Å². The number of aryl methyl sites for hydroxylation is 1. The number of rotatable bonds is 3. The zero-order valence-electron chi connectivity index (χ0n) is 10.2. The van der Waals surface area contributed by atoms with E-state index in [0.717, 1.165) is 38.8 Å². The SMILES string of the molecule is CN1CCC(N)(CCc2ccccc2)CC1. The molecule has 1 heterocycles. The van der Waals surface area contributed by atoms with Crippen molar-refractivity contribution >= 4 is 0 Å². The molecule has 0 amide bonds. The molecule has 2 nitrogen and oxygen atoms in total. The van der Waals surface area contributed by atoms with Gasteiger partial charge in [-0.3, -0.25) is 0 Å². The van der Waals surface area contributed by atoms with E-state index in [1.807, 2.05) is 0 Å². The van der Waals surface area contributed by atoms with Gasteiger partial charge in [-0.2, -0.15) is 0 Å². The average Bonchev–Trinajstić information content (AvgIpc) is 2.33. The van der Waals surface area contributed by atoms with Gasteiger partial charge >= 0.3 is 0 Å². The predicted octanol–water partition coefficient (Wildman–Crippen LogP) is 2.04. The van der Waals surface area contributed by atoms with Gasteiger partial charge in [0.05, 0.1) is 0 Å². The highest BCUT2D eigenvalue weighted by molar-refractivity contribution is 5.15. The Labute approximate surface area is 98.4 Å². The highest BCUT2D eigenvalue weighted by Crippen LogP contribution is 2.24. The van der Waals surface area contributed by atoms with Crippen LogP contribution in [0.25, 0.3) is 0 Å². The van der Waals surface area contributed by atoms with Gasteiger partial charge in [-0.1, -0.05) is 30.3 Å². The molecule has 0 spiro atoms. The Kier molecular flexibility index (Phi) is 3.62. The Morgan fingerprint density at radius 3 is 2.44 bits per heavy atom. The molecule has 1 saturated heterocycles. The molecule has 0 aliphatic carbocycles. The first-order valence-corrected chi connectivity index (χ1v) is 6.19. The van der Waals surface area contributed by atoms with Crippen LogP contribution in [-0.4, -0.2) is 30.6 Å². The van der Waals surface area contributed by atoms with Crippen LogP contribution in [0.1, 0.15) is 24.8 Å². The lowest BCUT2D eigenvalue weighted by molar-refractivity contribution is 0.182. The van der Waals surface area contributed by atoms with Gasteiger partial charge < -0.3 is 10.6 Å². The Hall–Kier alpha value is -0.860. The maximum absolute atomic E-state index is 6.44. The summed E-state index contributed by atoms with van der Waals surface area (Å²) in [6.07, 6.45) is 4.50. The van der Waals surface area contributed by atoms with Crippen LogP contribution < -0.4 is 5.73 Å². The first-order chi connectivity index (χ1) is 7.68. The van der Waals surface area contributed by atoms with Gasteiger partial charge in [0, 0.05) is 5.54 Å². The highest BCUT2D eigenvalue weighted by atomic mass is 15.1. The standard InChI is InChI=1S/C14H22N2/c1-16-11-9-14(15,10-12-16)8-7-13-5-3-2-4-6-13/h2-6H,7-12,15H2,1H3. The van der Waals surface area contributed by atoms with Crippen LogP contribution in [0.3, 0.4) is 0 Å². The van der Waals surface area contributed by atoms with Crippen LogP contribution in [0, 0.1) is 0 Å². The second kappa shape index (κ2) is 4.98. The number of hydrogen-bond acceptors (Lipinski definition) is 2. The van der Waals surface area contributed by atoms with Gasteiger partial charge in [-0.25, -0.2) is 0 Å². The number of nitrogens with zero attached hydrogens (tertiary/aromatic N) is 1. The molecule has 0 unspecified atom stereocenters. The summed E-state index contributed by atoms with van der Waals surface area (Å²) in [6, 6.07) is 10.7. The topological polar surface area (TPSA) is 29.3 Å². The normalized spacial score (nSPS) is 20.9. The lowest BCUT2D eigenvalue weighted by Gasteiger charge is -2.37. The van der Waals surface area contributed by atoms with Gasteiger partial charge in [0.2, 0.25) is 0 Å². The van der Waals surface area contributed by atoms with Crippen molar-refractivity contribution in [3.63, 3.8) is 0 Å². The fourth-order valence-corrected chi connectivity index (χ4v) is 2.35. The Morgan fingerprint density at radius 1 is 1.19 bits per heavy atom. The molecular weight excluding hydrogens is 196 g/mol. The lowest BCUT2D eigenvalue weighted by atomic mass is 9.83. The molecule has 1 aliphatic heterocycles. The summed E-state index contributed by atoms with van der Waals surface area (Å²) < 4.78 is 0. The van der Waals surface area contributed by atoms with E-state index in [1.54, 1.807) is 0 Å². The van der Waals surface area contributed by atoms with E-state index in [9.17, 15) is 0 Å². The Bertz CT molecular complexity index is 313. The second-order valence-corrected chi connectivity index (χ2v) is 5.15. The smallest absolute Gasteiger partial charge is 0.0181 e. The van der Waals surface area contributed by atoms with Crippen molar-refractivity contribution in [3.05, 3.63) is 35.9 Å². The van der Waals surface area contributed by atoms with E-state index in [1.165, 1.54) is 5.56 Å². The van der Waals surface area contributed by atoms with Crippen molar-refractivity contribution in [3.8, 4) is 0 Å². The molecule has 1 aliphatic rings. The third-order valence-corrected chi connectivity index (χ3v) is 3.74. The first-order valence-electron chi connectivity index (χ1n) is 6.19. The van der Waals surface area contributed by atoms with E-state index >= 15 is 0 Å². The van der Waals surface area contributed by atoms with E-state index in [0.29, 0.717) is 0 Å². The average molecular weight is 218 g/mol. The minimum absolute atomic E-state index is 0.0718. The van der Waals surface area contributed by atoms with Crippen molar-refractivity contribution in [1.29, 1.82) is 0 Å². The molecule has 16 heavy (non-hydrogen) atoms. The predicted molar refractivity (Wildman–Crippen MR) is 68.4 cm³/mol. The van der Waals surface area contributed by atoms with E-state index < -0.39 is 0 Å². The minimum atomic E-state index is 0.0718. The van der Waals surface area contributed by atoms with Crippen LogP contribution in [0.5, 0.6) is 0 Å². The van der Waals surface area contributed by atoms with Crippen LogP contribution in [0.4, 0.5) is 0 Å². The van der Waals surface area contributed by atoms with Gasteiger partial charge in [-0.15, -0.1) is 0 Å². The Morgan fingerprint density at radius 2 is 1.81 bits per heavy atom. The molecule has 1 aromatic rings. The van der Waals surface area contributed by atoms with Gasteiger partial charge in [0.15, 0.2) is 0 Å². The molecule has 0 radical (unpaired) electrons. The molecule has 0 bridgehead atoms. The van der Waals surface area contributed by atoms with Gasteiger partial charge in [0.25, 0.3) is 0 Å². The van der Waals surface area contributed by atoms with Gasteiger partial charge in [0.1, 0.15) is 0 Å². The third kappa shape index (κ3) is 3.06. The molecule has 2 rings (SSSR count). The van der Waals surface area contributed by atoms with Crippen LogP contribution in [0.2, 0.25) is 0 Å². The number of piperidine rings is 1. The summed E-state index contributed by atoms with van der Waals surface area (Å²) >= 11 is 0. The number of likely N-dealkylation sites (tertiary alicyclic amines) is 1. The highest BCUT2D eigenvalue weighted by Gasteiger charge is 2.28. The van der Waals surface area contributed by atoms with E-state index in [-0.39, 0.29) is 5.54 Å². The van der Waals surface area contributed by atoms with Crippen molar-refractivity contribution < 1.29 is 0 Å². The number of nitrogens with two attached hydrogens (primary N) is 1. The van der Waals surface area contributed by atoms with Crippen molar-refractivity contribution in [2.45, 2.75) is 31.2 Å². The van der Waals surface area contributed by atoms with Crippen LogP contribution >= 0.6 is 0 Å². The molecule has 1 aromatic carbocycles. The molecular formula is C14H22N2. The van der Waals surface area contributed by atoms with E-state index in [2.05, 4.69) is 42.3 Å². The lowest BCUT2D eigenvalue weighted by Crippen LogP contribution is -2.49. The summed E-state index contributed by atoms with van der Waals surface area (Å²) in [5, 5.41) is 0. The Balaban J connectivity index is 1.85. The maximum Gasteiger partial charge on any atom is 0.0181 e. The number of benzene rings is 1. The fourth-order valence-electron chi connectivity index (χ4n) is 2.35. The van der Waals surface area contributed by atoms with Crippen molar-refractivity contribution in [2.24, 2.45) is 5.73 Å². The zero-order valence-corrected chi connectivity index (χ0v) is 10.2. The molecule has 2 heteroatoms. The molecule has 0 atom stereocenters. The summed E-state index contributed by atoms with van der Waals surface area (Å²) in [4.78, 5) is 2.37. The monoisotopic (exact) mass is 218 g/mol. The van der Waals surface area contributed by atoms with Crippen molar-refractivity contribution in [1.82, 2.24) is 4.90 Å². The summed E-state index contributed by atoms with van der Waals surface area (Å²) in [6.45, 7) is 2.29. The van der Waals surface area contributed by atoms with Crippen LogP contribution in [-0.2, 0) is 6.42 Å². The zero-order chi connectivity index (χ0) is 11.4. The summed E-state index contributed by atoms with van der Waals surface area (Å²) in [5.74, 6) is 0. The molecule has 2 N–H and O–H groups in total. The van der Waals surface area contributed by atoms with E-state index in [4.69, 9.17) is 5.73 Å². The maximum atomic E-state index is 6.44. The first kappa shape index (κ1) is 11.6. The fraction of sp³-hybridized carbons (Fsp3) is 0.571. The van der Waals surface area contributed by atoms with Crippen molar-refractivity contribution in [2.75, 3.05) is 20.1 Å². The molecule has 88 valence electrons. The second-order valence-electron chi connectivity index (χ2n) is 5.15. The molecule has 1 fully saturated rings. The molecule has 0 saturated carbocycles. The largest absolute Gasteiger partial charge is 0.325 e. The minimum Gasteiger partial charge on any atom is -0.325 e.